The van der Waals surface area contributed by atoms with Crippen molar-refractivity contribution in [3.8, 4) is 5.75 Å². The number of rotatable bonds is 5. The Kier molecular flexibility index (Phi) is 5.35. The topological polar surface area (TPSA) is 41.6 Å². The number of nitrogens with one attached hydrogen (secondary N) is 1. The lowest BCUT2D eigenvalue weighted by Gasteiger charge is -2.22. The lowest BCUT2D eigenvalue weighted by atomic mass is 10.1. The predicted octanol–water partition coefficient (Wildman–Crippen LogP) is 3.08. The number of carbonyl (C=O) groups excluding carboxylic acids is 1. The summed E-state index contributed by atoms with van der Waals surface area (Å²) in [5.74, 6) is 0.534. The SMILES string of the molecule is CN(C)CC(NC(=O)Oc1ccccc1)c1ccccc1. The molecule has 110 valence electrons. The van der Waals surface area contributed by atoms with Gasteiger partial charge in [0.05, 0.1) is 6.04 Å². The molecule has 0 fully saturated rings. The Morgan fingerprint density at radius 2 is 1.62 bits per heavy atom. The van der Waals surface area contributed by atoms with Gasteiger partial charge in [0.2, 0.25) is 0 Å². The molecule has 4 heteroatoms. The van der Waals surface area contributed by atoms with Crippen LogP contribution in [0, 0.1) is 0 Å². The second kappa shape index (κ2) is 7.45. The molecule has 0 saturated heterocycles. The van der Waals surface area contributed by atoms with E-state index in [1.54, 1.807) is 12.1 Å². The first-order valence-corrected chi connectivity index (χ1v) is 6.88. The molecule has 0 saturated carbocycles. The van der Waals surface area contributed by atoms with Crippen LogP contribution in [-0.2, 0) is 0 Å². The van der Waals surface area contributed by atoms with E-state index in [1.807, 2.05) is 67.5 Å². The second-order valence-corrected chi connectivity index (χ2v) is 5.07. The first kappa shape index (κ1) is 15.1. The maximum absolute atomic E-state index is 12.0. The van der Waals surface area contributed by atoms with Crippen molar-refractivity contribution in [2.24, 2.45) is 0 Å². The van der Waals surface area contributed by atoms with Crippen LogP contribution in [0.25, 0.3) is 0 Å². The average molecular weight is 284 g/mol. The molecule has 1 N–H and O–H groups in total. The standard InChI is InChI=1S/C17H20N2O2/c1-19(2)13-16(14-9-5-3-6-10-14)18-17(20)21-15-11-7-4-8-12-15/h3-12,16H,13H2,1-2H3,(H,18,20). The number of hydrogen-bond acceptors (Lipinski definition) is 3. The third-order valence-corrected chi connectivity index (χ3v) is 3.00. The lowest BCUT2D eigenvalue weighted by molar-refractivity contribution is 0.192. The Labute approximate surface area is 125 Å². The number of nitrogens with zero attached hydrogens (tertiary/aromatic N) is 1. The molecule has 0 heterocycles. The number of likely N-dealkylation sites (N-methyl/N-ethyl adjacent to an activating group) is 1. The predicted molar refractivity (Wildman–Crippen MR) is 83.3 cm³/mol. The third kappa shape index (κ3) is 4.93. The zero-order valence-electron chi connectivity index (χ0n) is 12.3. The van der Waals surface area contributed by atoms with Gasteiger partial charge in [-0.05, 0) is 31.8 Å². The highest BCUT2D eigenvalue weighted by atomic mass is 16.6. The number of carbonyl (C=O) groups is 1. The Morgan fingerprint density at radius 1 is 1.05 bits per heavy atom. The summed E-state index contributed by atoms with van der Waals surface area (Å²) < 4.78 is 5.28. The van der Waals surface area contributed by atoms with Crippen molar-refractivity contribution in [3.05, 3.63) is 66.2 Å². The number of amides is 1. The number of benzene rings is 2. The third-order valence-electron chi connectivity index (χ3n) is 3.00. The molecule has 2 aromatic carbocycles. The highest BCUT2D eigenvalue weighted by molar-refractivity contribution is 5.71. The zero-order valence-corrected chi connectivity index (χ0v) is 12.3. The fourth-order valence-electron chi connectivity index (χ4n) is 2.05. The molecule has 0 aliphatic heterocycles. The normalized spacial score (nSPS) is 12.0. The molecule has 1 unspecified atom stereocenters. The molecular formula is C17H20N2O2. The zero-order chi connectivity index (χ0) is 15.1. The number of ether oxygens (including phenoxy) is 1. The summed E-state index contributed by atoms with van der Waals surface area (Å²) >= 11 is 0. The van der Waals surface area contributed by atoms with Gasteiger partial charge in [0.25, 0.3) is 0 Å². The summed E-state index contributed by atoms with van der Waals surface area (Å²) in [6, 6.07) is 18.8. The molecule has 2 rings (SSSR count). The van der Waals surface area contributed by atoms with Gasteiger partial charge in [-0.25, -0.2) is 4.79 Å². The Bertz CT molecular complexity index is 556. The molecule has 1 atom stereocenters. The van der Waals surface area contributed by atoms with Crippen molar-refractivity contribution in [1.29, 1.82) is 0 Å². The van der Waals surface area contributed by atoms with Crippen LogP contribution in [0.1, 0.15) is 11.6 Å². The Balaban J connectivity index is 2.03. The largest absolute Gasteiger partial charge is 0.413 e. The molecule has 0 aromatic heterocycles. The summed E-state index contributed by atoms with van der Waals surface area (Å²) in [7, 11) is 3.94. The van der Waals surface area contributed by atoms with Gasteiger partial charge >= 0.3 is 6.09 Å². The van der Waals surface area contributed by atoms with Gasteiger partial charge in [-0.15, -0.1) is 0 Å². The molecule has 0 bridgehead atoms. The van der Waals surface area contributed by atoms with E-state index >= 15 is 0 Å². The lowest BCUT2D eigenvalue weighted by Crippen LogP contribution is -2.36. The number of para-hydroxylation sites is 1. The van der Waals surface area contributed by atoms with Gasteiger partial charge in [-0.2, -0.15) is 0 Å². The van der Waals surface area contributed by atoms with Gasteiger partial charge < -0.3 is 15.0 Å². The first-order valence-electron chi connectivity index (χ1n) is 6.88. The fraction of sp³-hybridized carbons (Fsp3) is 0.235. The van der Waals surface area contributed by atoms with Crippen LogP contribution >= 0.6 is 0 Å². The summed E-state index contributed by atoms with van der Waals surface area (Å²) in [4.78, 5) is 14.1. The molecule has 4 nitrogen and oxygen atoms in total. The summed E-state index contributed by atoms with van der Waals surface area (Å²) in [5.41, 5.74) is 1.05. The van der Waals surface area contributed by atoms with Crippen LogP contribution in [-0.4, -0.2) is 31.6 Å². The smallest absolute Gasteiger partial charge is 0.410 e. The average Bonchev–Trinajstić information content (AvgIpc) is 2.48. The Morgan fingerprint density at radius 3 is 2.19 bits per heavy atom. The van der Waals surface area contributed by atoms with E-state index in [0.29, 0.717) is 12.3 Å². The summed E-state index contributed by atoms with van der Waals surface area (Å²) in [6.45, 7) is 0.702. The van der Waals surface area contributed by atoms with Crippen molar-refractivity contribution in [3.63, 3.8) is 0 Å². The van der Waals surface area contributed by atoms with Gasteiger partial charge in [-0.3, -0.25) is 0 Å². The minimum absolute atomic E-state index is 0.114. The first-order chi connectivity index (χ1) is 10.1. The molecule has 0 radical (unpaired) electrons. The minimum atomic E-state index is -0.447. The van der Waals surface area contributed by atoms with Crippen LogP contribution in [0.4, 0.5) is 4.79 Å². The fourth-order valence-corrected chi connectivity index (χ4v) is 2.05. The van der Waals surface area contributed by atoms with Crippen LogP contribution in [0.3, 0.4) is 0 Å². The van der Waals surface area contributed by atoms with Crippen molar-refractivity contribution in [2.45, 2.75) is 6.04 Å². The van der Waals surface area contributed by atoms with Crippen molar-refractivity contribution >= 4 is 6.09 Å². The van der Waals surface area contributed by atoms with Crippen LogP contribution in [0.2, 0.25) is 0 Å². The van der Waals surface area contributed by atoms with Crippen LogP contribution < -0.4 is 10.1 Å². The Hall–Kier alpha value is -2.33. The van der Waals surface area contributed by atoms with E-state index < -0.39 is 6.09 Å². The highest BCUT2D eigenvalue weighted by Crippen LogP contribution is 2.14. The van der Waals surface area contributed by atoms with Crippen LogP contribution in [0.5, 0.6) is 5.75 Å². The van der Waals surface area contributed by atoms with Gasteiger partial charge in [0.1, 0.15) is 5.75 Å². The molecule has 0 aliphatic rings. The van der Waals surface area contributed by atoms with Crippen LogP contribution in [0.15, 0.2) is 60.7 Å². The van der Waals surface area contributed by atoms with Gasteiger partial charge in [-0.1, -0.05) is 48.5 Å². The van der Waals surface area contributed by atoms with Crippen molar-refractivity contribution < 1.29 is 9.53 Å². The van der Waals surface area contributed by atoms with E-state index in [0.717, 1.165) is 5.56 Å². The molecule has 1 amide bonds. The highest BCUT2D eigenvalue weighted by Gasteiger charge is 2.16. The number of hydrogen-bond donors (Lipinski definition) is 1. The maximum Gasteiger partial charge on any atom is 0.413 e. The second-order valence-electron chi connectivity index (χ2n) is 5.07. The molecule has 2 aromatic rings. The minimum Gasteiger partial charge on any atom is -0.410 e. The molecule has 0 aliphatic carbocycles. The van der Waals surface area contributed by atoms with Gasteiger partial charge in [0, 0.05) is 6.54 Å². The quantitative estimate of drug-likeness (QED) is 0.917. The van der Waals surface area contributed by atoms with Crippen molar-refractivity contribution in [1.82, 2.24) is 10.2 Å². The maximum atomic E-state index is 12.0. The monoisotopic (exact) mass is 284 g/mol. The van der Waals surface area contributed by atoms with E-state index in [-0.39, 0.29) is 6.04 Å². The molecule has 0 spiro atoms. The van der Waals surface area contributed by atoms with E-state index in [1.165, 1.54) is 0 Å². The van der Waals surface area contributed by atoms with Gasteiger partial charge in [0.15, 0.2) is 0 Å². The summed E-state index contributed by atoms with van der Waals surface area (Å²) in [6.07, 6.45) is -0.447. The van der Waals surface area contributed by atoms with Crippen molar-refractivity contribution in [2.75, 3.05) is 20.6 Å². The summed E-state index contributed by atoms with van der Waals surface area (Å²) in [5, 5.41) is 2.91. The molecule has 21 heavy (non-hydrogen) atoms. The molecular weight excluding hydrogens is 264 g/mol. The van der Waals surface area contributed by atoms with E-state index in [4.69, 9.17) is 4.74 Å². The van der Waals surface area contributed by atoms with E-state index in [9.17, 15) is 4.79 Å². The van der Waals surface area contributed by atoms with E-state index in [2.05, 4.69) is 5.32 Å².